The molecule has 2 nitrogen and oxygen atoms in total. The summed E-state index contributed by atoms with van der Waals surface area (Å²) < 4.78 is 13.8. The van der Waals surface area contributed by atoms with Crippen LogP contribution in [0.2, 0.25) is 0 Å². The van der Waals surface area contributed by atoms with Crippen molar-refractivity contribution in [2.45, 2.75) is 25.7 Å². The molecular formula is C13H14FNO. The molecule has 1 heterocycles. The third-order valence-corrected chi connectivity index (χ3v) is 3.36. The second kappa shape index (κ2) is 3.58. The molecule has 2 aliphatic rings. The maximum Gasteiger partial charge on any atom is 0.230 e. The molecule has 0 spiro atoms. The van der Waals surface area contributed by atoms with Gasteiger partial charge in [0.2, 0.25) is 5.91 Å². The number of nitrogens with zero attached hydrogens (tertiary/aromatic N) is 1. The van der Waals surface area contributed by atoms with E-state index in [-0.39, 0.29) is 17.6 Å². The zero-order valence-electron chi connectivity index (χ0n) is 9.08. The molecule has 3 heteroatoms. The Labute approximate surface area is 94.1 Å². The average molecular weight is 219 g/mol. The second-order valence-corrected chi connectivity index (χ2v) is 4.62. The van der Waals surface area contributed by atoms with Gasteiger partial charge in [0.1, 0.15) is 5.82 Å². The van der Waals surface area contributed by atoms with Crippen LogP contribution in [0.15, 0.2) is 18.2 Å². The van der Waals surface area contributed by atoms with Crippen LogP contribution in [-0.4, -0.2) is 12.5 Å². The van der Waals surface area contributed by atoms with Gasteiger partial charge in [0, 0.05) is 12.5 Å². The zero-order chi connectivity index (χ0) is 11.1. The molecule has 1 amide bonds. The van der Waals surface area contributed by atoms with Crippen LogP contribution >= 0.6 is 0 Å². The fourth-order valence-corrected chi connectivity index (χ4v) is 2.37. The van der Waals surface area contributed by atoms with Gasteiger partial charge in [-0.25, -0.2) is 4.39 Å². The van der Waals surface area contributed by atoms with Crippen LogP contribution in [0.3, 0.4) is 0 Å². The molecule has 0 unspecified atom stereocenters. The molecule has 0 atom stereocenters. The highest BCUT2D eigenvalue weighted by Gasteiger charge is 2.36. The monoisotopic (exact) mass is 219 g/mol. The van der Waals surface area contributed by atoms with E-state index in [0.717, 1.165) is 31.2 Å². The molecule has 0 radical (unpaired) electrons. The Morgan fingerprint density at radius 1 is 1.38 bits per heavy atom. The number of benzene rings is 1. The van der Waals surface area contributed by atoms with E-state index in [4.69, 9.17) is 0 Å². The number of fused-ring (bicyclic) bond motifs is 1. The minimum absolute atomic E-state index is 0.117. The zero-order valence-corrected chi connectivity index (χ0v) is 9.08. The molecule has 0 saturated heterocycles. The van der Waals surface area contributed by atoms with E-state index in [0.29, 0.717) is 12.2 Å². The third kappa shape index (κ3) is 1.51. The highest BCUT2D eigenvalue weighted by Crippen LogP contribution is 2.36. The van der Waals surface area contributed by atoms with Gasteiger partial charge in [-0.05, 0) is 37.3 Å². The number of hydrogen-bond donors (Lipinski definition) is 0. The van der Waals surface area contributed by atoms with Gasteiger partial charge in [-0.2, -0.15) is 0 Å². The molecule has 1 aliphatic carbocycles. The summed E-state index contributed by atoms with van der Waals surface area (Å²) in [5.41, 5.74) is 1.51. The van der Waals surface area contributed by atoms with Gasteiger partial charge in [-0.3, -0.25) is 4.79 Å². The van der Waals surface area contributed by atoms with E-state index in [2.05, 4.69) is 0 Å². The number of aryl methyl sites for hydroxylation is 1. The molecule has 0 aromatic heterocycles. The summed E-state index contributed by atoms with van der Waals surface area (Å²) in [6.45, 7) is 0.670. The van der Waals surface area contributed by atoms with E-state index < -0.39 is 0 Å². The average Bonchev–Trinajstić information content (AvgIpc) is 3.12. The minimum atomic E-state index is -0.258. The molecule has 1 saturated carbocycles. The van der Waals surface area contributed by atoms with Crippen molar-refractivity contribution in [1.29, 1.82) is 0 Å². The summed E-state index contributed by atoms with van der Waals surface area (Å²) in [6, 6.07) is 5.08. The summed E-state index contributed by atoms with van der Waals surface area (Å²) in [5, 5.41) is 0. The lowest BCUT2D eigenvalue weighted by Gasteiger charge is -2.29. The van der Waals surface area contributed by atoms with Crippen molar-refractivity contribution >= 4 is 11.6 Å². The highest BCUT2D eigenvalue weighted by atomic mass is 19.1. The van der Waals surface area contributed by atoms with Crippen molar-refractivity contribution in [1.82, 2.24) is 0 Å². The predicted octanol–water partition coefficient (Wildman–Crippen LogP) is 2.51. The number of amides is 1. The largest absolute Gasteiger partial charge is 0.309 e. The highest BCUT2D eigenvalue weighted by molar-refractivity contribution is 5.97. The number of carbonyl (C=O) groups excluding carboxylic acids is 1. The Bertz CT molecular complexity index is 440. The molecule has 16 heavy (non-hydrogen) atoms. The maximum atomic E-state index is 13.8. The number of hydrogen-bond acceptors (Lipinski definition) is 1. The molecule has 84 valence electrons. The summed E-state index contributed by atoms with van der Waals surface area (Å²) in [5.74, 6) is 0.0165. The number of rotatable bonds is 1. The van der Waals surface area contributed by atoms with E-state index in [1.165, 1.54) is 6.07 Å². The van der Waals surface area contributed by atoms with Crippen LogP contribution in [0, 0.1) is 11.7 Å². The first-order valence-electron chi connectivity index (χ1n) is 5.86. The Hall–Kier alpha value is -1.38. The van der Waals surface area contributed by atoms with Gasteiger partial charge in [0.25, 0.3) is 0 Å². The number of para-hydroxylation sites is 1. The molecule has 0 N–H and O–H groups in total. The van der Waals surface area contributed by atoms with Crippen molar-refractivity contribution in [3.05, 3.63) is 29.6 Å². The third-order valence-electron chi connectivity index (χ3n) is 3.36. The van der Waals surface area contributed by atoms with Crippen LogP contribution in [0.25, 0.3) is 0 Å². The summed E-state index contributed by atoms with van der Waals surface area (Å²) in [6.07, 6.45) is 3.76. The molecule has 1 aliphatic heterocycles. The van der Waals surface area contributed by atoms with Crippen molar-refractivity contribution < 1.29 is 9.18 Å². The van der Waals surface area contributed by atoms with Crippen LogP contribution in [-0.2, 0) is 11.2 Å². The Kier molecular flexibility index (Phi) is 2.20. The van der Waals surface area contributed by atoms with Crippen molar-refractivity contribution in [2.24, 2.45) is 5.92 Å². The van der Waals surface area contributed by atoms with Gasteiger partial charge >= 0.3 is 0 Å². The van der Waals surface area contributed by atoms with Crippen LogP contribution < -0.4 is 4.90 Å². The number of anilines is 1. The minimum Gasteiger partial charge on any atom is -0.309 e. The summed E-state index contributed by atoms with van der Waals surface area (Å²) in [4.78, 5) is 13.7. The van der Waals surface area contributed by atoms with Crippen molar-refractivity contribution in [2.75, 3.05) is 11.4 Å². The quantitative estimate of drug-likeness (QED) is 0.710. The maximum absolute atomic E-state index is 13.8. The van der Waals surface area contributed by atoms with Crippen molar-refractivity contribution in [3.63, 3.8) is 0 Å². The Balaban J connectivity index is 2.01. The van der Waals surface area contributed by atoms with Crippen molar-refractivity contribution in [3.8, 4) is 0 Å². The SMILES string of the molecule is O=C(C1CC1)N1CCCc2cccc(F)c21. The van der Waals surface area contributed by atoms with E-state index in [1.807, 2.05) is 6.07 Å². The Morgan fingerprint density at radius 2 is 2.19 bits per heavy atom. The van der Waals surface area contributed by atoms with Crippen LogP contribution in [0.4, 0.5) is 10.1 Å². The summed E-state index contributed by atoms with van der Waals surface area (Å²) in [7, 11) is 0. The number of halogens is 1. The van der Waals surface area contributed by atoms with Gasteiger partial charge in [0.15, 0.2) is 0 Å². The molecule has 0 bridgehead atoms. The smallest absolute Gasteiger partial charge is 0.230 e. The van der Waals surface area contributed by atoms with Crippen LogP contribution in [0.1, 0.15) is 24.8 Å². The topological polar surface area (TPSA) is 20.3 Å². The van der Waals surface area contributed by atoms with E-state index in [9.17, 15) is 9.18 Å². The Morgan fingerprint density at radius 3 is 2.94 bits per heavy atom. The summed E-state index contributed by atoms with van der Waals surface area (Å²) >= 11 is 0. The molecular weight excluding hydrogens is 205 g/mol. The molecule has 1 aromatic rings. The standard InChI is InChI=1S/C13H14FNO/c14-11-5-1-3-9-4-2-8-15(12(9)11)13(16)10-6-7-10/h1,3,5,10H,2,4,6-8H2. The molecule has 3 rings (SSSR count). The first-order chi connectivity index (χ1) is 7.77. The fraction of sp³-hybridized carbons (Fsp3) is 0.462. The van der Waals surface area contributed by atoms with Gasteiger partial charge in [-0.15, -0.1) is 0 Å². The van der Waals surface area contributed by atoms with Gasteiger partial charge < -0.3 is 4.90 Å². The molecule has 1 fully saturated rings. The lowest BCUT2D eigenvalue weighted by atomic mass is 10.0. The van der Waals surface area contributed by atoms with Gasteiger partial charge in [-0.1, -0.05) is 12.1 Å². The second-order valence-electron chi connectivity index (χ2n) is 4.62. The normalized spacial score (nSPS) is 19.4. The van der Waals surface area contributed by atoms with Gasteiger partial charge in [0.05, 0.1) is 5.69 Å². The van der Waals surface area contributed by atoms with Crippen LogP contribution in [0.5, 0.6) is 0 Å². The fourth-order valence-electron chi connectivity index (χ4n) is 2.37. The molecule has 1 aromatic carbocycles. The van der Waals surface area contributed by atoms with E-state index in [1.54, 1.807) is 11.0 Å². The first-order valence-corrected chi connectivity index (χ1v) is 5.86. The predicted molar refractivity (Wildman–Crippen MR) is 59.8 cm³/mol. The lowest BCUT2D eigenvalue weighted by molar-refractivity contribution is -0.119. The number of carbonyl (C=O) groups is 1. The van der Waals surface area contributed by atoms with E-state index >= 15 is 0 Å². The lowest BCUT2D eigenvalue weighted by Crippen LogP contribution is -2.37. The first kappa shape index (κ1) is 9.82.